The lowest BCUT2D eigenvalue weighted by Gasteiger charge is -2.48. The maximum Gasteiger partial charge on any atom is 0.0416 e. The molecular weight excluding hydrogens is 410 g/mol. The zero-order valence-electron chi connectivity index (χ0n) is 22.3. The van der Waals surface area contributed by atoms with Gasteiger partial charge in [-0.25, -0.2) is 0 Å². The van der Waals surface area contributed by atoms with Crippen molar-refractivity contribution in [2.75, 3.05) is 0 Å². The Bertz CT molecular complexity index is 783. The molecule has 2 heteroatoms. The summed E-state index contributed by atoms with van der Waals surface area (Å²) in [5, 5.41) is 0.671. The molecule has 0 nitrogen and oxygen atoms in total. The average molecular weight is 459 g/mol. The van der Waals surface area contributed by atoms with E-state index in [4.69, 9.17) is 0 Å². The third kappa shape index (κ3) is 6.55. The summed E-state index contributed by atoms with van der Waals surface area (Å²) < 4.78 is 0. The Morgan fingerprint density at radius 1 is 0.742 bits per heavy atom. The van der Waals surface area contributed by atoms with Gasteiger partial charge in [0, 0.05) is 10.8 Å². The standard InChI is InChI=1S/C29H48P2/c1-19(2)22-17-23(20(3)4)26(24(18-22)21(5)6)29(31-28(10,11)12)16-14-13-15-25(29)30-27(7,8)9/h13-21,25,30-31H,1-12H3. The smallest absolute Gasteiger partial charge is 0.0416 e. The van der Waals surface area contributed by atoms with Crippen LogP contribution in [0.5, 0.6) is 0 Å². The second-order valence-corrected chi connectivity index (χ2v) is 17.4. The molecule has 1 aromatic carbocycles. The Labute approximate surface area is 197 Å². The molecule has 31 heavy (non-hydrogen) atoms. The van der Waals surface area contributed by atoms with Crippen LogP contribution in [-0.2, 0) is 5.16 Å². The highest BCUT2D eigenvalue weighted by Crippen LogP contribution is 2.62. The van der Waals surface area contributed by atoms with E-state index in [1.165, 1.54) is 5.56 Å². The third-order valence-corrected chi connectivity index (χ3v) is 9.99. The van der Waals surface area contributed by atoms with E-state index in [-0.39, 0.29) is 10.3 Å². The van der Waals surface area contributed by atoms with Crippen molar-refractivity contribution in [1.29, 1.82) is 0 Å². The first-order chi connectivity index (χ1) is 14.1. The minimum atomic E-state index is 0.0768. The van der Waals surface area contributed by atoms with Gasteiger partial charge < -0.3 is 0 Å². The van der Waals surface area contributed by atoms with Gasteiger partial charge in [0.1, 0.15) is 0 Å². The van der Waals surface area contributed by atoms with Crippen molar-refractivity contribution in [2.24, 2.45) is 0 Å². The lowest BCUT2D eigenvalue weighted by atomic mass is 9.76. The molecule has 174 valence electrons. The van der Waals surface area contributed by atoms with E-state index in [2.05, 4.69) is 120 Å². The largest absolute Gasteiger partial charge is 0.108 e. The molecule has 0 fully saturated rings. The Morgan fingerprint density at radius 3 is 1.65 bits per heavy atom. The van der Waals surface area contributed by atoms with Gasteiger partial charge in [0.05, 0.1) is 0 Å². The number of hydrogen-bond acceptors (Lipinski definition) is 0. The van der Waals surface area contributed by atoms with Gasteiger partial charge in [-0.3, -0.25) is 0 Å². The molecule has 2 rings (SSSR count). The first-order valence-corrected chi connectivity index (χ1v) is 14.3. The van der Waals surface area contributed by atoms with Crippen LogP contribution in [0.4, 0.5) is 0 Å². The quantitative estimate of drug-likeness (QED) is 0.372. The van der Waals surface area contributed by atoms with Crippen LogP contribution in [0.15, 0.2) is 36.4 Å². The second kappa shape index (κ2) is 9.82. The molecule has 1 aliphatic carbocycles. The zero-order valence-corrected chi connectivity index (χ0v) is 24.3. The average Bonchev–Trinajstić information content (AvgIpc) is 2.59. The van der Waals surface area contributed by atoms with E-state index in [0.717, 1.165) is 17.2 Å². The molecule has 4 unspecified atom stereocenters. The first-order valence-electron chi connectivity index (χ1n) is 12.2. The van der Waals surface area contributed by atoms with E-state index >= 15 is 0 Å². The predicted molar refractivity (Wildman–Crippen MR) is 149 cm³/mol. The maximum absolute atomic E-state index is 2.60. The Morgan fingerprint density at radius 2 is 1.26 bits per heavy atom. The van der Waals surface area contributed by atoms with Gasteiger partial charge in [-0.1, -0.05) is 120 Å². The van der Waals surface area contributed by atoms with Crippen LogP contribution >= 0.6 is 17.2 Å². The molecule has 4 atom stereocenters. The lowest BCUT2D eigenvalue weighted by Crippen LogP contribution is -2.38. The summed E-state index contributed by atoms with van der Waals surface area (Å²) in [4.78, 5) is 0. The van der Waals surface area contributed by atoms with Crippen molar-refractivity contribution in [2.45, 2.75) is 122 Å². The summed E-state index contributed by atoms with van der Waals surface area (Å²) in [6.07, 6.45) is 9.78. The van der Waals surface area contributed by atoms with Gasteiger partial charge in [-0.15, -0.1) is 17.2 Å². The van der Waals surface area contributed by atoms with Crippen molar-refractivity contribution in [3.8, 4) is 0 Å². The molecule has 0 bridgehead atoms. The lowest BCUT2D eigenvalue weighted by molar-refractivity contribution is 0.670. The highest BCUT2D eigenvalue weighted by molar-refractivity contribution is 7.46. The second-order valence-electron chi connectivity index (χ2n) is 12.4. The van der Waals surface area contributed by atoms with E-state index < -0.39 is 0 Å². The molecular formula is C29H48P2. The van der Waals surface area contributed by atoms with Crippen LogP contribution in [0.2, 0.25) is 0 Å². The summed E-state index contributed by atoms with van der Waals surface area (Å²) in [5.41, 5.74) is 6.86. The summed E-state index contributed by atoms with van der Waals surface area (Å²) >= 11 is 0. The molecule has 0 aliphatic heterocycles. The highest BCUT2D eigenvalue weighted by Gasteiger charge is 2.45. The Kier molecular flexibility index (Phi) is 8.49. The highest BCUT2D eigenvalue weighted by atomic mass is 31.1. The van der Waals surface area contributed by atoms with Crippen molar-refractivity contribution >= 4 is 17.2 Å². The molecule has 0 heterocycles. The Hall–Kier alpha value is -0.440. The molecule has 0 amide bonds. The molecule has 0 saturated carbocycles. The fourth-order valence-electron chi connectivity index (χ4n) is 4.74. The van der Waals surface area contributed by atoms with Crippen LogP contribution in [0.1, 0.15) is 123 Å². The minimum absolute atomic E-state index is 0.0768. The number of benzene rings is 1. The predicted octanol–water partition coefficient (Wildman–Crippen LogP) is 9.70. The minimum Gasteiger partial charge on any atom is -0.108 e. The maximum atomic E-state index is 2.60. The summed E-state index contributed by atoms with van der Waals surface area (Å²) in [6.45, 7) is 28.8. The number of hydrogen-bond donors (Lipinski definition) is 0. The van der Waals surface area contributed by atoms with Gasteiger partial charge >= 0.3 is 0 Å². The number of rotatable bonds is 6. The van der Waals surface area contributed by atoms with Crippen LogP contribution < -0.4 is 0 Å². The van der Waals surface area contributed by atoms with E-state index in [0.29, 0.717) is 28.6 Å². The molecule has 1 aromatic rings. The SMILES string of the molecule is CC(C)c1cc(C(C)C)c(C2(PC(C)(C)C)C=CC=CC2PC(C)(C)C)c(C(C)C)c1. The molecule has 0 radical (unpaired) electrons. The first kappa shape index (κ1) is 26.8. The zero-order chi connectivity index (χ0) is 23.8. The Balaban J connectivity index is 2.95. The number of allylic oxidation sites excluding steroid dienone is 4. The fraction of sp³-hybridized carbons (Fsp3) is 0.655. The summed E-state index contributed by atoms with van der Waals surface area (Å²) in [7, 11) is 1.74. The van der Waals surface area contributed by atoms with Gasteiger partial charge in [0.2, 0.25) is 0 Å². The van der Waals surface area contributed by atoms with Crippen LogP contribution in [-0.4, -0.2) is 16.0 Å². The van der Waals surface area contributed by atoms with Crippen molar-refractivity contribution < 1.29 is 0 Å². The topological polar surface area (TPSA) is 0 Å². The summed E-state index contributed by atoms with van der Waals surface area (Å²) in [6, 6.07) is 5.10. The van der Waals surface area contributed by atoms with Gasteiger partial charge in [0.15, 0.2) is 0 Å². The fourth-order valence-corrected chi connectivity index (χ4v) is 8.87. The van der Waals surface area contributed by atoms with Gasteiger partial charge in [-0.05, 0) is 50.3 Å². The third-order valence-electron chi connectivity index (χ3n) is 5.98. The summed E-state index contributed by atoms with van der Waals surface area (Å²) in [5.74, 6) is 1.59. The van der Waals surface area contributed by atoms with Crippen LogP contribution in [0, 0.1) is 0 Å². The molecule has 0 N–H and O–H groups in total. The van der Waals surface area contributed by atoms with Gasteiger partial charge in [-0.2, -0.15) is 0 Å². The van der Waals surface area contributed by atoms with E-state index in [1.807, 2.05) is 0 Å². The molecule has 0 saturated heterocycles. The van der Waals surface area contributed by atoms with Crippen molar-refractivity contribution in [1.82, 2.24) is 0 Å². The monoisotopic (exact) mass is 458 g/mol. The molecule has 1 aliphatic rings. The van der Waals surface area contributed by atoms with Crippen molar-refractivity contribution in [3.63, 3.8) is 0 Å². The molecule has 0 spiro atoms. The van der Waals surface area contributed by atoms with Crippen LogP contribution in [0.25, 0.3) is 0 Å². The molecule has 0 aromatic heterocycles. The van der Waals surface area contributed by atoms with E-state index in [9.17, 15) is 0 Å². The normalized spacial score (nSPS) is 23.0. The van der Waals surface area contributed by atoms with E-state index in [1.54, 1.807) is 16.7 Å². The van der Waals surface area contributed by atoms with Crippen LogP contribution in [0.3, 0.4) is 0 Å². The van der Waals surface area contributed by atoms with Crippen molar-refractivity contribution in [3.05, 3.63) is 58.7 Å². The van der Waals surface area contributed by atoms with Gasteiger partial charge in [0.25, 0.3) is 0 Å².